The topological polar surface area (TPSA) is 20.2 Å². The highest BCUT2D eigenvalue weighted by Crippen LogP contribution is 2.40. The van der Waals surface area contributed by atoms with Crippen molar-refractivity contribution in [3.63, 3.8) is 0 Å². The van der Waals surface area contributed by atoms with Crippen molar-refractivity contribution in [3.05, 3.63) is 40.4 Å². The van der Waals surface area contributed by atoms with E-state index in [2.05, 4.69) is 13.0 Å². The van der Waals surface area contributed by atoms with E-state index in [1.54, 1.807) is 0 Å². The van der Waals surface area contributed by atoms with Crippen molar-refractivity contribution < 1.29 is 5.11 Å². The third-order valence-electron chi connectivity index (χ3n) is 3.67. The minimum atomic E-state index is -0.653. The molecule has 0 bridgehead atoms. The zero-order valence-corrected chi connectivity index (χ0v) is 10.5. The van der Waals surface area contributed by atoms with Crippen LogP contribution in [-0.4, -0.2) is 10.7 Å². The lowest BCUT2D eigenvalue weighted by atomic mass is 9.90. The van der Waals surface area contributed by atoms with Crippen LogP contribution in [0.15, 0.2) is 29.8 Å². The van der Waals surface area contributed by atoms with Crippen LogP contribution in [0.1, 0.15) is 32.3 Å². The summed E-state index contributed by atoms with van der Waals surface area (Å²) in [5.74, 6) is 0.339. The second-order valence-corrected chi connectivity index (χ2v) is 5.24. The second-order valence-electron chi connectivity index (χ2n) is 4.81. The van der Waals surface area contributed by atoms with Crippen molar-refractivity contribution >= 4 is 17.7 Å². The maximum atomic E-state index is 10.3. The van der Waals surface area contributed by atoms with Gasteiger partial charge in [0.15, 0.2) is 0 Å². The summed E-state index contributed by atoms with van der Waals surface area (Å²) in [4.78, 5) is 0. The van der Waals surface area contributed by atoms with E-state index in [1.165, 1.54) is 0 Å². The van der Waals surface area contributed by atoms with E-state index in [4.69, 9.17) is 11.6 Å². The molecule has 0 aromatic heterocycles. The average molecular weight is 237 g/mol. The third kappa shape index (κ3) is 2.16. The molecule has 1 nitrogen and oxygen atoms in total. The summed E-state index contributed by atoms with van der Waals surface area (Å²) in [6, 6.07) is 7.71. The van der Waals surface area contributed by atoms with E-state index in [0.29, 0.717) is 5.92 Å². The molecule has 1 aliphatic carbocycles. The Bertz CT molecular complexity index is 403. The lowest BCUT2D eigenvalue weighted by Crippen LogP contribution is -2.28. The molecule has 0 aliphatic heterocycles. The van der Waals surface area contributed by atoms with Crippen LogP contribution in [0.4, 0.5) is 0 Å². The van der Waals surface area contributed by atoms with Crippen LogP contribution in [0, 0.1) is 5.92 Å². The molecular formula is C14H17ClO. The van der Waals surface area contributed by atoms with E-state index < -0.39 is 5.60 Å². The highest BCUT2D eigenvalue weighted by Gasteiger charge is 2.37. The molecule has 1 aliphatic rings. The zero-order valence-electron chi connectivity index (χ0n) is 9.70. The summed E-state index contributed by atoms with van der Waals surface area (Å²) in [6.07, 6.45) is 4.13. The minimum absolute atomic E-state index is 0.339. The van der Waals surface area contributed by atoms with Gasteiger partial charge in [-0.3, -0.25) is 0 Å². The monoisotopic (exact) mass is 236 g/mol. The van der Waals surface area contributed by atoms with Crippen LogP contribution >= 0.6 is 11.6 Å². The Morgan fingerprint density at radius 2 is 2.00 bits per heavy atom. The van der Waals surface area contributed by atoms with Gasteiger partial charge in [-0.15, -0.1) is 0 Å². The van der Waals surface area contributed by atoms with Crippen molar-refractivity contribution in [2.45, 2.75) is 32.3 Å². The van der Waals surface area contributed by atoms with Crippen molar-refractivity contribution in [2.24, 2.45) is 5.92 Å². The van der Waals surface area contributed by atoms with Gasteiger partial charge >= 0.3 is 0 Å². The van der Waals surface area contributed by atoms with Crippen LogP contribution in [0.2, 0.25) is 5.02 Å². The minimum Gasteiger partial charge on any atom is -0.386 e. The third-order valence-corrected chi connectivity index (χ3v) is 3.92. The van der Waals surface area contributed by atoms with Crippen molar-refractivity contribution in [2.75, 3.05) is 0 Å². The lowest BCUT2D eigenvalue weighted by Gasteiger charge is -2.24. The molecule has 0 heterocycles. The summed E-state index contributed by atoms with van der Waals surface area (Å²) >= 11 is 5.84. The Balaban J connectivity index is 2.28. The molecule has 0 spiro atoms. The van der Waals surface area contributed by atoms with Crippen LogP contribution in [0.3, 0.4) is 0 Å². The number of hydrogen-bond donors (Lipinski definition) is 1. The maximum absolute atomic E-state index is 10.3. The molecule has 2 atom stereocenters. The van der Waals surface area contributed by atoms with Crippen LogP contribution in [0.5, 0.6) is 0 Å². The molecule has 0 saturated heterocycles. The Labute approximate surface area is 102 Å². The fourth-order valence-electron chi connectivity index (χ4n) is 2.20. The maximum Gasteiger partial charge on any atom is 0.0857 e. The van der Waals surface area contributed by atoms with E-state index >= 15 is 0 Å². The fourth-order valence-corrected chi connectivity index (χ4v) is 2.33. The molecule has 1 aromatic carbocycles. The molecule has 1 saturated carbocycles. The van der Waals surface area contributed by atoms with Gasteiger partial charge in [-0.05, 0) is 49.0 Å². The standard InChI is InChI=1S/C14H17ClO/c1-10-3-6-12(14(10,2)16)9-11-4-7-13(15)8-5-11/h4-5,7-10,16H,3,6H2,1-2H3/b12-9+. The quantitative estimate of drug-likeness (QED) is 0.784. The van der Waals surface area contributed by atoms with Gasteiger partial charge in [-0.1, -0.05) is 36.7 Å². The molecule has 0 radical (unpaired) electrons. The molecule has 1 fully saturated rings. The van der Waals surface area contributed by atoms with Gasteiger partial charge in [-0.2, -0.15) is 0 Å². The first kappa shape index (κ1) is 11.7. The molecule has 0 amide bonds. The number of rotatable bonds is 1. The largest absolute Gasteiger partial charge is 0.386 e. The van der Waals surface area contributed by atoms with Gasteiger partial charge in [0.05, 0.1) is 5.60 Å². The Kier molecular flexibility index (Phi) is 3.09. The number of benzene rings is 1. The van der Waals surface area contributed by atoms with Crippen molar-refractivity contribution in [1.82, 2.24) is 0 Å². The van der Waals surface area contributed by atoms with E-state index in [-0.39, 0.29) is 0 Å². The summed E-state index contributed by atoms with van der Waals surface area (Å²) in [7, 11) is 0. The molecule has 2 rings (SSSR count). The molecular weight excluding hydrogens is 220 g/mol. The van der Waals surface area contributed by atoms with Gasteiger partial charge in [-0.25, -0.2) is 0 Å². The van der Waals surface area contributed by atoms with Crippen molar-refractivity contribution in [3.8, 4) is 0 Å². The van der Waals surface area contributed by atoms with Crippen LogP contribution < -0.4 is 0 Å². The SMILES string of the molecule is CC1CC/C(=C\c2ccc(Cl)cc2)C1(C)O. The first-order valence-corrected chi connectivity index (χ1v) is 6.07. The first-order valence-electron chi connectivity index (χ1n) is 5.69. The molecule has 2 unspecified atom stereocenters. The Morgan fingerprint density at radius 1 is 1.38 bits per heavy atom. The Hall–Kier alpha value is -0.790. The number of aliphatic hydroxyl groups is 1. The van der Waals surface area contributed by atoms with Crippen molar-refractivity contribution in [1.29, 1.82) is 0 Å². The van der Waals surface area contributed by atoms with Gasteiger partial charge < -0.3 is 5.11 Å². The highest BCUT2D eigenvalue weighted by molar-refractivity contribution is 6.30. The van der Waals surface area contributed by atoms with Gasteiger partial charge in [0.1, 0.15) is 0 Å². The van der Waals surface area contributed by atoms with Crippen LogP contribution in [0.25, 0.3) is 6.08 Å². The molecule has 2 heteroatoms. The summed E-state index contributed by atoms with van der Waals surface area (Å²) in [5.41, 5.74) is 1.58. The summed E-state index contributed by atoms with van der Waals surface area (Å²) in [6.45, 7) is 4.01. The predicted octanol–water partition coefficient (Wildman–Crippen LogP) is 3.90. The summed E-state index contributed by atoms with van der Waals surface area (Å²) < 4.78 is 0. The summed E-state index contributed by atoms with van der Waals surface area (Å²) in [5, 5.41) is 11.1. The smallest absolute Gasteiger partial charge is 0.0857 e. The van der Waals surface area contributed by atoms with E-state index in [9.17, 15) is 5.11 Å². The first-order chi connectivity index (χ1) is 7.50. The normalized spacial score (nSPS) is 32.2. The predicted molar refractivity (Wildman–Crippen MR) is 68.5 cm³/mol. The van der Waals surface area contributed by atoms with Crippen LogP contribution in [-0.2, 0) is 0 Å². The van der Waals surface area contributed by atoms with E-state index in [0.717, 1.165) is 29.0 Å². The van der Waals surface area contributed by atoms with E-state index in [1.807, 2.05) is 31.2 Å². The number of hydrogen-bond acceptors (Lipinski definition) is 1. The number of halogens is 1. The lowest BCUT2D eigenvalue weighted by molar-refractivity contribution is 0.0632. The Morgan fingerprint density at radius 3 is 2.50 bits per heavy atom. The molecule has 1 N–H and O–H groups in total. The zero-order chi connectivity index (χ0) is 11.8. The van der Waals surface area contributed by atoms with Gasteiger partial charge in [0.2, 0.25) is 0 Å². The fraction of sp³-hybridized carbons (Fsp3) is 0.429. The van der Waals surface area contributed by atoms with Gasteiger partial charge in [0, 0.05) is 5.02 Å². The molecule has 16 heavy (non-hydrogen) atoms. The molecule has 86 valence electrons. The average Bonchev–Trinajstić information content (AvgIpc) is 2.48. The molecule has 1 aromatic rings. The second kappa shape index (κ2) is 4.23. The highest BCUT2D eigenvalue weighted by atomic mass is 35.5. The van der Waals surface area contributed by atoms with Gasteiger partial charge in [0.25, 0.3) is 0 Å².